The molecule has 2 aromatic rings. The van der Waals surface area contributed by atoms with E-state index in [-0.39, 0.29) is 0 Å². The number of nitrogens with one attached hydrogen (secondary N) is 2. The average molecular weight is 385 g/mol. The topological polar surface area (TPSA) is 70.6 Å². The Labute approximate surface area is 153 Å². The minimum atomic E-state index is -0.930. The second-order valence-electron chi connectivity index (χ2n) is 4.76. The fraction of sp³-hybridized carbons (Fsp3) is 0.0625. The molecular weight excluding hydrogens is 373 g/mol. The van der Waals surface area contributed by atoms with Crippen molar-refractivity contribution in [2.75, 3.05) is 5.32 Å². The number of nitrogens with zero attached hydrogens (tertiary/aromatic N) is 1. The molecule has 0 aliphatic heterocycles. The Kier molecular flexibility index (Phi) is 6.20. The number of aryl methyl sites for hydroxylation is 1. The molecule has 2 aromatic carbocycles. The first kappa shape index (κ1) is 18.3. The van der Waals surface area contributed by atoms with Gasteiger partial charge in [-0.2, -0.15) is 5.10 Å². The quantitative estimate of drug-likeness (QED) is 0.476. The summed E-state index contributed by atoms with van der Waals surface area (Å²) >= 11 is 17.8. The van der Waals surface area contributed by atoms with Crippen LogP contribution in [0.2, 0.25) is 15.1 Å². The number of rotatable bonds is 3. The Morgan fingerprint density at radius 3 is 2.50 bits per heavy atom. The summed E-state index contributed by atoms with van der Waals surface area (Å²) in [5.41, 5.74) is 3.89. The van der Waals surface area contributed by atoms with Gasteiger partial charge < -0.3 is 5.32 Å². The molecule has 124 valence electrons. The van der Waals surface area contributed by atoms with Gasteiger partial charge in [0.05, 0.1) is 16.3 Å². The molecule has 0 saturated heterocycles. The highest BCUT2D eigenvalue weighted by molar-refractivity contribution is 6.43. The van der Waals surface area contributed by atoms with Crippen molar-refractivity contribution >= 4 is 58.5 Å². The molecule has 0 fully saturated rings. The van der Waals surface area contributed by atoms with Gasteiger partial charge in [-0.25, -0.2) is 5.43 Å². The van der Waals surface area contributed by atoms with Crippen LogP contribution in [0.4, 0.5) is 5.69 Å². The molecule has 0 aromatic heterocycles. The van der Waals surface area contributed by atoms with Gasteiger partial charge in [0.2, 0.25) is 0 Å². The van der Waals surface area contributed by atoms with E-state index in [1.54, 1.807) is 36.4 Å². The molecule has 8 heteroatoms. The second kappa shape index (κ2) is 8.15. The lowest BCUT2D eigenvalue weighted by molar-refractivity contribution is -0.136. The lowest BCUT2D eigenvalue weighted by atomic mass is 10.2. The van der Waals surface area contributed by atoms with E-state index < -0.39 is 11.8 Å². The van der Waals surface area contributed by atoms with Gasteiger partial charge in [-0.3, -0.25) is 9.59 Å². The molecule has 2 amide bonds. The van der Waals surface area contributed by atoms with E-state index in [9.17, 15) is 9.59 Å². The van der Waals surface area contributed by atoms with Crippen LogP contribution in [0.15, 0.2) is 41.5 Å². The highest BCUT2D eigenvalue weighted by atomic mass is 35.5. The molecule has 0 aliphatic rings. The van der Waals surface area contributed by atoms with Gasteiger partial charge in [0, 0.05) is 16.3 Å². The van der Waals surface area contributed by atoms with Crippen LogP contribution in [0.5, 0.6) is 0 Å². The molecule has 0 atom stereocenters. The number of hydrogen-bond acceptors (Lipinski definition) is 3. The molecule has 0 radical (unpaired) electrons. The van der Waals surface area contributed by atoms with Crippen molar-refractivity contribution in [3.63, 3.8) is 0 Å². The Balaban J connectivity index is 1.96. The van der Waals surface area contributed by atoms with E-state index in [1.807, 2.05) is 6.92 Å². The molecule has 5 nitrogen and oxygen atoms in total. The van der Waals surface area contributed by atoms with Crippen LogP contribution in [-0.4, -0.2) is 18.0 Å². The van der Waals surface area contributed by atoms with Crippen molar-refractivity contribution in [1.29, 1.82) is 0 Å². The van der Waals surface area contributed by atoms with E-state index in [4.69, 9.17) is 34.8 Å². The third-order valence-corrected chi connectivity index (χ3v) is 4.23. The SMILES string of the molecule is Cc1ccc(NC(=O)C(=O)N/N=C/c2cccc(Cl)c2Cl)cc1Cl. The Morgan fingerprint density at radius 2 is 1.79 bits per heavy atom. The summed E-state index contributed by atoms with van der Waals surface area (Å²) in [6.45, 7) is 1.83. The molecule has 0 spiro atoms. The minimum absolute atomic E-state index is 0.302. The van der Waals surface area contributed by atoms with Gasteiger partial charge in [0.15, 0.2) is 0 Å². The summed E-state index contributed by atoms with van der Waals surface area (Å²) in [4.78, 5) is 23.5. The summed E-state index contributed by atoms with van der Waals surface area (Å²) in [7, 11) is 0. The van der Waals surface area contributed by atoms with Crippen LogP contribution < -0.4 is 10.7 Å². The fourth-order valence-corrected chi connectivity index (χ4v) is 2.23. The first-order valence-electron chi connectivity index (χ1n) is 6.73. The number of hydrogen-bond donors (Lipinski definition) is 2. The summed E-state index contributed by atoms with van der Waals surface area (Å²) in [5.74, 6) is -1.80. The van der Waals surface area contributed by atoms with Crippen molar-refractivity contribution in [3.05, 3.63) is 62.6 Å². The largest absolute Gasteiger partial charge is 0.329 e. The van der Waals surface area contributed by atoms with E-state index in [0.29, 0.717) is 26.3 Å². The average Bonchev–Trinajstić information content (AvgIpc) is 2.54. The lowest BCUT2D eigenvalue weighted by Gasteiger charge is -2.05. The molecule has 0 heterocycles. The number of amides is 2. The maximum Gasteiger partial charge on any atom is 0.329 e. The molecule has 0 bridgehead atoms. The molecule has 2 rings (SSSR count). The van der Waals surface area contributed by atoms with Crippen molar-refractivity contribution in [3.8, 4) is 0 Å². The van der Waals surface area contributed by atoms with E-state index in [1.165, 1.54) is 6.21 Å². The molecule has 2 N–H and O–H groups in total. The molecule has 24 heavy (non-hydrogen) atoms. The number of anilines is 1. The second-order valence-corrected chi connectivity index (χ2v) is 5.95. The highest BCUT2D eigenvalue weighted by Crippen LogP contribution is 2.24. The monoisotopic (exact) mass is 383 g/mol. The van der Waals surface area contributed by atoms with Crippen LogP contribution in [0.1, 0.15) is 11.1 Å². The zero-order valence-electron chi connectivity index (χ0n) is 12.4. The Morgan fingerprint density at radius 1 is 1.04 bits per heavy atom. The van der Waals surface area contributed by atoms with Gasteiger partial charge in [-0.1, -0.05) is 53.0 Å². The lowest BCUT2D eigenvalue weighted by Crippen LogP contribution is -2.32. The summed E-state index contributed by atoms with van der Waals surface area (Å²) in [5, 5.41) is 7.26. The number of carbonyl (C=O) groups excluding carboxylic acids is 2. The normalized spacial score (nSPS) is 10.7. The molecular formula is C16H12Cl3N3O2. The molecule has 0 aliphatic carbocycles. The minimum Gasteiger partial charge on any atom is -0.318 e. The first-order chi connectivity index (χ1) is 11.4. The number of halogens is 3. The van der Waals surface area contributed by atoms with Gasteiger partial charge in [-0.05, 0) is 30.7 Å². The van der Waals surface area contributed by atoms with E-state index in [2.05, 4.69) is 15.8 Å². The molecule has 0 unspecified atom stereocenters. The molecule has 0 saturated carbocycles. The predicted molar refractivity (Wildman–Crippen MR) is 97.0 cm³/mol. The zero-order chi connectivity index (χ0) is 17.7. The fourth-order valence-electron chi connectivity index (χ4n) is 1.69. The highest BCUT2D eigenvalue weighted by Gasteiger charge is 2.13. The van der Waals surface area contributed by atoms with Crippen molar-refractivity contribution in [2.45, 2.75) is 6.92 Å². The predicted octanol–water partition coefficient (Wildman–Crippen LogP) is 4.04. The Bertz CT molecular complexity index is 822. The van der Waals surface area contributed by atoms with Gasteiger partial charge in [0.1, 0.15) is 0 Å². The maximum atomic E-state index is 11.8. The van der Waals surface area contributed by atoms with E-state index >= 15 is 0 Å². The van der Waals surface area contributed by atoms with Crippen molar-refractivity contribution in [2.24, 2.45) is 5.10 Å². The van der Waals surface area contributed by atoms with Gasteiger partial charge >= 0.3 is 11.8 Å². The third kappa shape index (κ3) is 4.71. The smallest absolute Gasteiger partial charge is 0.318 e. The number of carbonyl (C=O) groups is 2. The van der Waals surface area contributed by atoms with Crippen LogP contribution in [0.25, 0.3) is 0 Å². The first-order valence-corrected chi connectivity index (χ1v) is 7.86. The van der Waals surface area contributed by atoms with Crippen molar-refractivity contribution in [1.82, 2.24) is 5.43 Å². The maximum absolute atomic E-state index is 11.8. The van der Waals surface area contributed by atoms with Crippen LogP contribution in [-0.2, 0) is 9.59 Å². The van der Waals surface area contributed by atoms with Crippen LogP contribution in [0, 0.1) is 6.92 Å². The summed E-state index contributed by atoms with van der Waals surface area (Å²) in [6.07, 6.45) is 1.29. The van der Waals surface area contributed by atoms with Crippen molar-refractivity contribution < 1.29 is 9.59 Å². The number of benzene rings is 2. The van der Waals surface area contributed by atoms with Gasteiger partial charge in [0.25, 0.3) is 0 Å². The number of hydrazone groups is 1. The zero-order valence-corrected chi connectivity index (χ0v) is 14.7. The summed E-state index contributed by atoms with van der Waals surface area (Å²) in [6, 6.07) is 9.90. The van der Waals surface area contributed by atoms with Gasteiger partial charge in [-0.15, -0.1) is 0 Å². The summed E-state index contributed by atoms with van der Waals surface area (Å²) < 4.78 is 0. The van der Waals surface area contributed by atoms with E-state index in [0.717, 1.165) is 5.56 Å². The standard InChI is InChI=1S/C16H12Cl3N3O2/c1-9-5-6-11(7-13(9)18)21-15(23)16(24)22-20-8-10-3-2-4-12(17)14(10)19/h2-8H,1H3,(H,21,23)(H,22,24)/b20-8+. The Hall–Kier alpha value is -2.08. The third-order valence-electron chi connectivity index (χ3n) is 2.99. The van der Waals surface area contributed by atoms with Crippen LogP contribution >= 0.6 is 34.8 Å². The van der Waals surface area contributed by atoms with Crippen LogP contribution in [0.3, 0.4) is 0 Å².